The van der Waals surface area contributed by atoms with Crippen molar-refractivity contribution in [1.82, 2.24) is 14.5 Å². The van der Waals surface area contributed by atoms with E-state index in [0.717, 1.165) is 40.8 Å². The summed E-state index contributed by atoms with van der Waals surface area (Å²) in [7, 11) is 3.40. The summed E-state index contributed by atoms with van der Waals surface area (Å²) in [5, 5.41) is 0.766. The summed E-state index contributed by atoms with van der Waals surface area (Å²) in [6.45, 7) is 0.800. The van der Waals surface area contributed by atoms with E-state index in [0.29, 0.717) is 13.1 Å². The molecular formula is C22H25N3O3S. The predicted molar refractivity (Wildman–Crippen MR) is 115 cm³/mol. The minimum Gasteiger partial charge on any atom is -0.496 e. The lowest BCUT2D eigenvalue weighted by Crippen LogP contribution is -2.29. The van der Waals surface area contributed by atoms with E-state index in [9.17, 15) is 9.59 Å². The molecule has 0 radical (unpaired) electrons. The smallest absolute Gasteiger partial charge is 0.262 e. The Hall–Kier alpha value is -2.67. The molecule has 2 aromatic heterocycles. The molecule has 6 nitrogen and oxygen atoms in total. The van der Waals surface area contributed by atoms with Gasteiger partial charge in [0.2, 0.25) is 5.91 Å². The average Bonchev–Trinajstić information content (AvgIpc) is 3.12. The number of aryl methyl sites for hydroxylation is 3. The van der Waals surface area contributed by atoms with Crippen LogP contribution in [-0.2, 0) is 30.7 Å². The molecule has 3 aromatic rings. The highest BCUT2D eigenvalue weighted by Gasteiger charge is 2.20. The van der Waals surface area contributed by atoms with Gasteiger partial charge in [-0.2, -0.15) is 0 Å². The lowest BCUT2D eigenvalue weighted by Gasteiger charge is -2.19. The molecule has 0 unspecified atom stereocenters. The fraction of sp³-hybridized carbons (Fsp3) is 0.409. The van der Waals surface area contributed by atoms with E-state index < -0.39 is 0 Å². The molecule has 2 heterocycles. The van der Waals surface area contributed by atoms with Crippen LogP contribution in [0.1, 0.15) is 35.3 Å². The van der Waals surface area contributed by atoms with Crippen molar-refractivity contribution in [3.05, 3.63) is 57.0 Å². The normalized spacial score (nSPS) is 13.3. The summed E-state index contributed by atoms with van der Waals surface area (Å²) in [6, 6.07) is 7.67. The summed E-state index contributed by atoms with van der Waals surface area (Å²) in [4.78, 5) is 33.9. The molecule has 152 valence electrons. The number of carbonyl (C=O) groups is 1. The maximum absolute atomic E-state index is 13.0. The molecule has 0 bridgehead atoms. The molecule has 0 atom stereocenters. The number of amides is 1. The predicted octanol–water partition coefficient (Wildman–Crippen LogP) is 3.39. The Morgan fingerprint density at radius 3 is 2.90 bits per heavy atom. The number of rotatable bonds is 6. The van der Waals surface area contributed by atoms with Gasteiger partial charge in [-0.25, -0.2) is 4.98 Å². The van der Waals surface area contributed by atoms with Crippen LogP contribution >= 0.6 is 11.3 Å². The Kier molecular flexibility index (Phi) is 5.67. The highest BCUT2D eigenvalue weighted by molar-refractivity contribution is 7.18. The highest BCUT2D eigenvalue weighted by Crippen LogP contribution is 2.33. The molecule has 1 aromatic carbocycles. The zero-order valence-electron chi connectivity index (χ0n) is 16.8. The van der Waals surface area contributed by atoms with E-state index in [1.165, 1.54) is 16.9 Å². The molecule has 0 saturated heterocycles. The number of thiophene rings is 1. The van der Waals surface area contributed by atoms with E-state index >= 15 is 0 Å². The Morgan fingerprint density at radius 1 is 1.28 bits per heavy atom. The third-order valence-electron chi connectivity index (χ3n) is 5.53. The van der Waals surface area contributed by atoms with Crippen molar-refractivity contribution < 1.29 is 9.53 Å². The molecule has 1 amide bonds. The largest absolute Gasteiger partial charge is 0.496 e. The van der Waals surface area contributed by atoms with Crippen molar-refractivity contribution in [2.45, 2.75) is 45.2 Å². The van der Waals surface area contributed by atoms with Crippen molar-refractivity contribution >= 4 is 27.5 Å². The molecule has 4 rings (SSSR count). The number of ether oxygens (including phenoxy) is 1. The van der Waals surface area contributed by atoms with Gasteiger partial charge in [0.05, 0.1) is 18.8 Å². The number of nitrogens with zero attached hydrogens (tertiary/aromatic N) is 3. The quantitative estimate of drug-likeness (QED) is 0.624. The molecule has 7 heteroatoms. The second kappa shape index (κ2) is 8.37. The summed E-state index contributed by atoms with van der Waals surface area (Å²) >= 11 is 1.65. The van der Waals surface area contributed by atoms with Gasteiger partial charge in [-0.15, -0.1) is 11.3 Å². The van der Waals surface area contributed by atoms with E-state index in [4.69, 9.17) is 4.74 Å². The van der Waals surface area contributed by atoms with Crippen LogP contribution < -0.4 is 10.3 Å². The minimum atomic E-state index is -0.0189. The summed E-state index contributed by atoms with van der Waals surface area (Å²) in [5.41, 5.74) is 2.12. The van der Waals surface area contributed by atoms with Crippen molar-refractivity contribution in [2.75, 3.05) is 14.2 Å². The second-order valence-electron chi connectivity index (χ2n) is 7.45. The molecule has 0 N–H and O–H groups in total. The van der Waals surface area contributed by atoms with Gasteiger partial charge in [0.15, 0.2) is 0 Å². The van der Waals surface area contributed by atoms with Gasteiger partial charge in [-0.1, -0.05) is 18.2 Å². The number of hydrogen-bond acceptors (Lipinski definition) is 5. The SMILES string of the molecule is COc1ccccc1CN(C)C(=O)CCn1cnc2sc3c(c2c1=O)CCCC3. The number of hydrogen-bond donors (Lipinski definition) is 0. The maximum Gasteiger partial charge on any atom is 0.262 e. The molecule has 0 fully saturated rings. The Labute approximate surface area is 173 Å². The van der Waals surface area contributed by atoms with Crippen LogP contribution in [-0.4, -0.2) is 34.5 Å². The van der Waals surface area contributed by atoms with Gasteiger partial charge in [-0.05, 0) is 37.3 Å². The number of benzene rings is 1. The highest BCUT2D eigenvalue weighted by atomic mass is 32.1. The number of aromatic nitrogens is 2. The fourth-order valence-electron chi connectivity index (χ4n) is 3.92. The van der Waals surface area contributed by atoms with Gasteiger partial charge in [0.25, 0.3) is 5.56 Å². The molecular weight excluding hydrogens is 386 g/mol. The van der Waals surface area contributed by atoms with Crippen LogP contribution in [0.3, 0.4) is 0 Å². The second-order valence-corrected chi connectivity index (χ2v) is 8.53. The Bertz CT molecular complexity index is 1100. The van der Waals surface area contributed by atoms with Gasteiger partial charge in [-0.3, -0.25) is 14.2 Å². The van der Waals surface area contributed by atoms with Crippen molar-refractivity contribution in [3.8, 4) is 5.75 Å². The van der Waals surface area contributed by atoms with Crippen LogP contribution in [0.25, 0.3) is 10.2 Å². The average molecular weight is 412 g/mol. The van der Waals surface area contributed by atoms with E-state index in [1.54, 1.807) is 41.3 Å². The van der Waals surface area contributed by atoms with Gasteiger partial charge in [0, 0.05) is 37.0 Å². The van der Waals surface area contributed by atoms with Crippen LogP contribution in [0.4, 0.5) is 0 Å². The third kappa shape index (κ3) is 3.92. The minimum absolute atomic E-state index is 0.0183. The van der Waals surface area contributed by atoms with E-state index in [2.05, 4.69) is 4.98 Å². The standard InChI is InChI=1S/C22H25N3O3S/c1-24(13-15-7-3-5-9-17(15)28-2)19(26)11-12-25-14-23-21-20(22(25)27)16-8-4-6-10-18(16)29-21/h3,5,7,9,14H,4,6,8,10-13H2,1-2H3. The van der Waals surface area contributed by atoms with Crippen LogP contribution in [0.5, 0.6) is 5.75 Å². The number of fused-ring (bicyclic) bond motifs is 3. The third-order valence-corrected chi connectivity index (χ3v) is 6.73. The molecule has 1 aliphatic carbocycles. The lowest BCUT2D eigenvalue weighted by molar-refractivity contribution is -0.130. The van der Waals surface area contributed by atoms with E-state index in [-0.39, 0.29) is 17.9 Å². The first kappa shape index (κ1) is 19.6. The van der Waals surface area contributed by atoms with Gasteiger partial charge >= 0.3 is 0 Å². The molecule has 0 spiro atoms. The zero-order valence-corrected chi connectivity index (χ0v) is 17.6. The maximum atomic E-state index is 13.0. The van der Waals surface area contributed by atoms with Crippen LogP contribution in [0.2, 0.25) is 0 Å². The topological polar surface area (TPSA) is 64.4 Å². The van der Waals surface area contributed by atoms with Crippen molar-refractivity contribution in [3.63, 3.8) is 0 Å². The van der Waals surface area contributed by atoms with Crippen LogP contribution in [0, 0.1) is 0 Å². The molecule has 29 heavy (non-hydrogen) atoms. The monoisotopic (exact) mass is 411 g/mol. The first-order valence-corrected chi connectivity index (χ1v) is 10.8. The summed E-state index contributed by atoms with van der Waals surface area (Å²) in [5.74, 6) is 0.746. The first-order valence-electron chi connectivity index (χ1n) is 9.94. The molecule has 0 saturated carbocycles. The van der Waals surface area contributed by atoms with Crippen molar-refractivity contribution in [2.24, 2.45) is 0 Å². The molecule has 0 aliphatic heterocycles. The Balaban J connectivity index is 1.47. The lowest BCUT2D eigenvalue weighted by atomic mass is 9.97. The zero-order chi connectivity index (χ0) is 20.4. The summed E-state index contributed by atoms with van der Waals surface area (Å²) in [6.07, 6.45) is 6.14. The number of carbonyl (C=O) groups excluding carboxylic acids is 1. The number of para-hydroxylation sites is 1. The molecule has 1 aliphatic rings. The van der Waals surface area contributed by atoms with Crippen LogP contribution in [0.15, 0.2) is 35.4 Å². The first-order chi connectivity index (χ1) is 14.1. The Morgan fingerprint density at radius 2 is 2.07 bits per heavy atom. The van der Waals surface area contributed by atoms with Crippen molar-refractivity contribution in [1.29, 1.82) is 0 Å². The van der Waals surface area contributed by atoms with Gasteiger partial charge in [0.1, 0.15) is 10.6 Å². The van der Waals surface area contributed by atoms with E-state index in [1.807, 2.05) is 24.3 Å². The fourth-order valence-corrected chi connectivity index (χ4v) is 5.14. The van der Waals surface area contributed by atoms with Gasteiger partial charge < -0.3 is 9.64 Å². The summed E-state index contributed by atoms with van der Waals surface area (Å²) < 4.78 is 6.94. The number of methoxy groups -OCH3 is 1.